The molecule has 5 nitrogen and oxygen atoms in total. The maximum absolute atomic E-state index is 11.2. The Labute approximate surface area is 86.2 Å². The lowest BCUT2D eigenvalue weighted by atomic mass is 10.1. The minimum absolute atomic E-state index is 0.199. The summed E-state index contributed by atoms with van der Waals surface area (Å²) >= 11 is 0. The summed E-state index contributed by atoms with van der Waals surface area (Å²) in [7, 11) is 1.29. The number of aromatic nitrogens is 2. The highest BCUT2D eigenvalue weighted by Gasteiger charge is 2.18. The molecule has 0 aromatic carbocycles. The molecular weight excluding hydrogens is 196 g/mol. The SMILES string of the molecule is COC(=O)c1cc2c(C)ccn(O)c-2n1. The van der Waals surface area contributed by atoms with Gasteiger partial charge in [-0.1, -0.05) is 0 Å². The third-order valence-corrected chi connectivity index (χ3v) is 2.25. The van der Waals surface area contributed by atoms with E-state index in [1.54, 1.807) is 12.1 Å². The van der Waals surface area contributed by atoms with Gasteiger partial charge >= 0.3 is 5.97 Å². The van der Waals surface area contributed by atoms with Gasteiger partial charge in [0.2, 0.25) is 0 Å². The largest absolute Gasteiger partial charge is 0.464 e. The molecule has 0 amide bonds. The van der Waals surface area contributed by atoms with Crippen LogP contribution >= 0.6 is 0 Å². The molecule has 0 aromatic rings. The number of rotatable bonds is 1. The smallest absolute Gasteiger partial charge is 0.356 e. The summed E-state index contributed by atoms with van der Waals surface area (Å²) in [5, 5.41) is 9.47. The molecule has 2 rings (SSSR count). The Morgan fingerprint density at radius 1 is 1.60 bits per heavy atom. The van der Waals surface area contributed by atoms with Gasteiger partial charge < -0.3 is 9.94 Å². The van der Waals surface area contributed by atoms with Crippen molar-refractivity contribution in [1.82, 2.24) is 9.71 Å². The predicted octanol–water partition coefficient (Wildman–Crippen LogP) is 1.32. The number of hydrogen-bond donors (Lipinski definition) is 1. The summed E-state index contributed by atoms with van der Waals surface area (Å²) in [6.45, 7) is 1.88. The minimum Gasteiger partial charge on any atom is -0.464 e. The van der Waals surface area contributed by atoms with Crippen molar-refractivity contribution in [2.24, 2.45) is 0 Å². The maximum atomic E-state index is 11.2. The lowest BCUT2D eigenvalue weighted by Gasteiger charge is -2.05. The fraction of sp³-hybridized carbons (Fsp3) is 0.200. The van der Waals surface area contributed by atoms with Crippen molar-refractivity contribution in [3.8, 4) is 11.4 Å². The second-order valence-corrected chi connectivity index (χ2v) is 3.21. The molecule has 2 aliphatic rings. The molecule has 0 saturated carbocycles. The van der Waals surface area contributed by atoms with Gasteiger partial charge in [-0.25, -0.2) is 9.78 Å². The first-order chi connectivity index (χ1) is 7.13. The molecule has 1 N–H and O–H groups in total. The van der Waals surface area contributed by atoms with Crippen LogP contribution in [0.15, 0.2) is 18.3 Å². The summed E-state index contributed by atoms with van der Waals surface area (Å²) in [6.07, 6.45) is 1.48. The van der Waals surface area contributed by atoms with Crippen molar-refractivity contribution >= 4 is 5.97 Å². The Balaban J connectivity index is 2.64. The average molecular weight is 206 g/mol. The van der Waals surface area contributed by atoms with E-state index < -0.39 is 5.97 Å². The number of carbonyl (C=O) groups excluding carboxylic acids is 1. The maximum Gasteiger partial charge on any atom is 0.356 e. The number of carbonyl (C=O) groups is 1. The molecule has 0 saturated heterocycles. The summed E-state index contributed by atoms with van der Waals surface area (Å²) in [5.41, 5.74) is 1.88. The van der Waals surface area contributed by atoms with Gasteiger partial charge in [0.15, 0.2) is 11.5 Å². The van der Waals surface area contributed by atoms with Gasteiger partial charge in [-0.2, -0.15) is 4.73 Å². The molecule has 2 heterocycles. The Kier molecular flexibility index (Phi) is 2.07. The van der Waals surface area contributed by atoms with Gasteiger partial charge in [-0.05, 0) is 24.6 Å². The second-order valence-electron chi connectivity index (χ2n) is 3.21. The average Bonchev–Trinajstić information content (AvgIpc) is 2.68. The normalized spacial score (nSPS) is 10.5. The fourth-order valence-electron chi connectivity index (χ4n) is 1.42. The van der Waals surface area contributed by atoms with Crippen molar-refractivity contribution in [2.75, 3.05) is 7.11 Å². The van der Waals surface area contributed by atoms with E-state index in [-0.39, 0.29) is 5.69 Å². The van der Waals surface area contributed by atoms with E-state index in [4.69, 9.17) is 0 Å². The van der Waals surface area contributed by atoms with Crippen LogP contribution in [0.5, 0.6) is 0 Å². The fourth-order valence-corrected chi connectivity index (χ4v) is 1.42. The number of esters is 1. The third kappa shape index (κ3) is 1.41. The minimum atomic E-state index is -0.509. The van der Waals surface area contributed by atoms with E-state index in [9.17, 15) is 10.0 Å². The van der Waals surface area contributed by atoms with Crippen LogP contribution in [0, 0.1) is 6.92 Å². The van der Waals surface area contributed by atoms with E-state index in [0.717, 1.165) is 15.9 Å². The second kappa shape index (κ2) is 3.27. The van der Waals surface area contributed by atoms with Crippen LogP contribution in [0.4, 0.5) is 0 Å². The van der Waals surface area contributed by atoms with Crippen molar-refractivity contribution in [2.45, 2.75) is 6.92 Å². The van der Waals surface area contributed by atoms with Crippen LogP contribution in [0.2, 0.25) is 0 Å². The van der Waals surface area contributed by atoms with Crippen LogP contribution < -0.4 is 0 Å². The van der Waals surface area contributed by atoms with Crippen LogP contribution in [0.3, 0.4) is 0 Å². The monoisotopic (exact) mass is 206 g/mol. The van der Waals surface area contributed by atoms with Crippen LogP contribution in [-0.2, 0) is 4.74 Å². The molecule has 0 atom stereocenters. The number of methoxy groups -OCH3 is 1. The molecule has 0 unspecified atom stereocenters. The number of nitrogens with zero attached hydrogens (tertiary/aromatic N) is 2. The quantitative estimate of drug-likeness (QED) is 0.564. The van der Waals surface area contributed by atoms with E-state index in [2.05, 4.69) is 9.72 Å². The van der Waals surface area contributed by atoms with Crippen molar-refractivity contribution in [3.63, 3.8) is 0 Å². The first kappa shape index (κ1) is 9.51. The predicted molar refractivity (Wildman–Crippen MR) is 52.1 cm³/mol. The highest BCUT2D eigenvalue weighted by Crippen LogP contribution is 2.25. The Hall–Kier alpha value is -2.04. The van der Waals surface area contributed by atoms with Gasteiger partial charge in [0.05, 0.1) is 7.11 Å². The van der Waals surface area contributed by atoms with Crippen molar-refractivity contribution < 1.29 is 14.7 Å². The summed E-state index contributed by atoms with van der Waals surface area (Å²) in [4.78, 5) is 15.2. The lowest BCUT2D eigenvalue weighted by molar-refractivity contribution is 0.0595. The van der Waals surface area contributed by atoms with Crippen LogP contribution in [-0.4, -0.2) is 28.0 Å². The zero-order valence-electron chi connectivity index (χ0n) is 8.39. The first-order valence-corrected chi connectivity index (χ1v) is 4.39. The number of aryl methyl sites for hydroxylation is 1. The molecule has 0 bridgehead atoms. The van der Waals surface area contributed by atoms with Gasteiger partial charge in [0.1, 0.15) is 0 Å². The molecular formula is C10H10N2O3. The van der Waals surface area contributed by atoms with Gasteiger partial charge in [-0.3, -0.25) is 0 Å². The van der Waals surface area contributed by atoms with E-state index in [1.165, 1.54) is 13.3 Å². The molecule has 78 valence electrons. The summed E-state index contributed by atoms with van der Waals surface area (Å²) in [6, 6.07) is 3.34. The molecule has 0 radical (unpaired) electrons. The number of fused-ring (bicyclic) bond motifs is 1. The Morgan fingerprint density at radius 3 is 2.93 bits per heavy atom. The van der Waals surface area contributed by atoms with E-state index in [0.29, 0.717) is 5.82 Å². The highest BCUT2D eigenvalue weighted by molar-refractivity contribution is 5.90. The highest BCUT2D eigenvalue weighted by atomic mass is 16.5. The summed E-state index contributed by atoms with van der Waals surface area (Å²) < 4.78 is 5.44. The molecule has 0 aromatic heterocycles. The van der Waals surface area contributed by atoms with E-state index in [1.807, 2.05) is 6.92 Å². The summed E-state index contributed by atoms with van der Waals surface area (Å²) in [5.74, 6) is -0.152. The standard InChI is InChI=1S/C10H10N2O3/c1-6-3-4-12(14)9-7(6)5-8(11-9)10(13)15-2/h3-5,14H,1-2H3. The Morgan fingerprint density at radius 2 is 2.33 bits per heavy atom. The number of ether oxygens (including phenoxy) is 1. The van der Waals surface area contributed by atoms with Crippen molar-refractivity contribution in [3.05, 3.63) is 29.6 Å². The van der Waals surface area contributed by atoms with E-state index >= 15 is 0 Å². The Bertz CT molecular complexity index is 454. The van der Waals surface area contributed by atoms with Gasteiger partial charge in [0, 0.05) is 11.8 Å². The topological polar surface area (TPSA) is 64.3 Å². The zero-order chi connectivity index (χ0) is 11.0. The van der Waals surface area contributed by atoms with Gasteiger partial charge in [0.25, 0.3) is 0 Å². The molecule has 15 heavy (non-hydrogen) atoms. The lowest BCUT2D eigenvalue weighted by Crippen LogP contribution is -2.02. The molecule has 0 spiro atoms. The number of pyridine rings is 1. The molecule has 0 fully saturated rings. The molecule has 5 heteroatoms. The molecule has 0 aliphatic carbocycles. The first-order valence-electron chi connectivity index (χ1n) is 4.39. The van der Waals surface area contributed by atoms with Crippen LogP contribution in [0.1, 0.15) is 16.1 Å². The zero-order valence-corrected chi connectivity index (χ0v) is 8.39. The third-order valence-electron chi connectivity index (χ3n) is 2.25. The molecule has 2 aliphatic heterocycles. The van der Waals surface area contributed by atoms with Crippen molar-refractivity contribution in [1.29, 1.82) is 0 Å². The van der Waals surface area contributed by atoms with Crippen LogP contribution in [0.25, 0.3) is 11.4 Å². The van der Waals surface area contributed by atoms with Gasteiger partial charge in [-0.15, -0.1) is 0 Å². The number of hydrogen-bond acceptors (Lipinski definition) is 4.